The van der Waals surface area contributed by atoms with Gasteiger partial charge in [0.15, 0.2) is 0 Å². The molecule has 1 aromatic rings. The average molecular weight is 249 g/mol. The van der Waals surface area contributed by atoms with E-state index < -0.39 is 0 Å². The van der Waals surface area contributed by atoms with E-state index in [2.05, 4.69) is 35.3 Å². The van der Waals surface area contributed by atoms with Crippen LogP contribution < -0.4 is 0 Å². The van der Waals surface area contributed by atoms with Crippen LogP contribution in [0.3, 0.4) is 0 Å². The largest absolute Gasteiger partial charge is 0.184 e. The normalized spacial score (nSPS) is 10.8. The van der Waals surface area contributed by atoms with Gasteiger partial charge in [-0.15, -0.1) is 0 Å². The van der Waals surface area contributed by atoms with Gasteiger partial charge in [0.2, 0.25) is 0 Å². The van der Waals surface area contributed by atoms with Crippen LogP contribution in [0.25, 0.3) is 0 Å². The number of aromatic nitrogens is 3. The van der Waals surface area contributed by atoms with Crippen LogP contribution in [0.1, 0.15) is 11.4 Å². The van der Waals surface area contributed by atoms with E-state index in [1.54, 1.807) is 28.3 Å². The molecule has 0 radical (unpaired) electrons. The van der Waals surface area contributed by atoms with Gasteiger partial charge in [0.25, 0.3) is 0 Å². The number of thiol groups is 1. The van der Waals surface area contributed by atoms with Gasteiger partial charge in [-0.25, -0.2) is 0 Å². The zero-order valence-electron chi connectivity index (χ0n) is 8.43. The second kappa shape index (κ2) is 6.63. The third-order valence-corrected chi connectivity index (χ3v) is 2.99. The van der Waals surface area contributed by atoms with Crippen LogP contribution in [-0.4, -0.2) is 33.3 Å². The number of aryl methyl sites for hydroxylation is 1. The molecule has 80 valence electrons. The second-order valence-corrected chi connectivity index (χ2v) is 4.96. The van der Waals surface area contributed by atoms with Crippen LogP contribution in [0.4, 0.5) is 0 Å². The second-order valence-electron chi connectivity index (χ2n) is 2.78. The first-order chi connectivity index (χ1) is 6.81. The highest BCUT2D eigenvalue weighted by atomic mass is 32.2. The predicted molar refractivity (Wildman–Crippen MR) is 68.3 cm³/mol. The highest BCUT2D eigenvalue weighted by Crippen LogP contribution is 2.15. The minimum Gasteiger partial charge on any atom is -0.184 e. The standard InChI is InChI=1S/C8H15N3S3/c1-13-5-7-8(6-14-2)10-11(9-7)3-4-12/h12H,3-6H2,1-2H3. The predicted octanol–water partition coefficient (Wildman–Crippen LogP) is 1.93. The third kappa shape index (κ3) is 3.40. The summed E-state index contributed by atoms with van der Waals surface area (Å²) in [5.74, 6) is 2.68. The summed E-state index contributed by atoms with van der Waals surface area (Å²) < 4.78 is 0. The number of rotatable bonds is 6. The molecule has 1 rings (SSSR count). The Morgan fingerprint density at radius 2 is 1.64 bits per heavy atom. The van der Waals surface area contributed by atoms with Crippen LogP contribution in [-0.2, 0) is 18.1 Å². The molecule has 3 nitrogen and oxygen atoms in total. The molecule has 14 heavy (non-hydrogen) atoms. The van der Waals surface area contributed by atoms with Gasteiger partial charge in [-0.3, -0.25) is 0 Å². The molecular weight excluding hydrogens is 234 g/mol. The molecule has 0 aliphatic rings. The molecule has 0 bridgehead atoms. The fourth-order valence-corrected chi connectivity index (χ4v) is 2.28. The highest BCUT2D eigenvalue weighted by Gasteiger charge is 2.09. The Bertz CT molecular complexity index is 251. The number of thioether (sulfide) groups is 2. The van der Waals surface area contributed by atoms with E-state index in [1.807, 2.05) is 0 Å². The first-order valence-electron chi connectivity index (χ1n) is 4.33. The molecule has 0 unspecified atom stereocenters. The summed E-state index contributed by atoms with van der Waals surface area (Å²) in [7, 11) is 0. The molecule has 0 fully saturated rings. The van der Waals surface area contributed by atoms with E-state index in [9.17, 15) is 0 Å². The van der Waals surface area contributed by atoms with Gasteiger partial charge >= 0.3 is 0 Å². The minimum absolute atomic E-state index is 0.784. The summed E-state index contributed by atoms with van der Waals surface area (Å²) in [4.78, 5) is 1.75. The first kappa shape index (κ1) is 12.3. The Labute approximate surface area is 98.8 Å². The average Bonchev–Trinajstić information content (AvgIpc) is 2.50. The zero-order valence-corrected chi connectivity index (χ0v) is 11.0. The fourth-order valence-electron chi connectivity index (χ4n) is 1.10. The quantitative estimate of drug-likeness (QED) is 0.781. The third-order valence-electron chi connectivity index (χ3n) is 1.67. The molecule has 0 atom stereocenters. The van der Waals surface area contributed by atoms with E-state index in [4.69, 9.17) is 0 Å². The van der Waals surface area contributed by atoms with Crippen LogP contribution in [0.5, 0.6) is 0 Å². The maximum absolute atomic E-state index is 4.43. The van der Waals surface area contributed by atoms with Crippen molar-refractivity contribution in [3.63, 3.8) is 0 Å². The summed E-state index contributed by atoms with van der Waals surface area (Å²) >= 11 is 7.73. The van der Waals surface area contributed by atoms with E-state index in [-0.39, 0.29) is 0 Å². The van der Waals surface area contributed by atoms with Gasteiger partial charge in [-0.2, -0.15) is 51.1 Å². The molecule has 0 aliphatic carbocycles. The van der Waals surface area contributed by atoms with Crippen molar-refractivity contribution < 1.29 is 0 Å². The SMILES string of the molecule is CSCc1nn(CCS)nc1CSC. The Morgan fingerprint density at radius 3 is 2.00 bits per heavy atom. The molecule has 0 aliphatic heterocycles. The summed E-state index contributed by atoms with van der Waals surface area (Å²) in [5.41, 5.74) is 2.24. The van der Waals surface area contributed by atoms with Crippen molar-refractivity contribution in [3.05, 3.63) is 11.4 Å². The molecule has 0 saturated heterocycles. The maximum atomic E-state index is 4.43. The van der Waals surface area contributed by atoms with Gasteiger partial charge in [-0.1, -0.05) is 0 Å². The van der Waals surface area contributed by atoms with Crippen LogP contribution >= 0.6 is 36.2 Å². The van der Waals surface area contributed by atoms with E-state index in [0.717, 1.165) is 35.2 Å². The molecule has 1 aromatic heterocycles. The Kier molecular flexibility index (Phi) is 5.81. The fraction of sp³-hybridized carbons (Fsp3) is 0.750. The van der Waals surface area contributed by atoms with Gasteiger partial charge in [0, 0.05) is 17.3 Å². The topological polar surface area (TPSA) is 30.7 Å². The lowest BCUT2D eigenvalue weighted by atomic mass is 10.4. The monoisotopic (exact) mass is 249 g/mol. The molecular formula is C8H15N3S3. The van der Waals surface area contributed by atoms with Gasteiger partial charge in [0.05, 0.1) is 17.9 Å². The van der Waals surface area contributed by atoms with Gasteiger partial charge in [-0.05, 0) is 12.5 Å². The van der Waals surface area contributed by atoms with Crippen molar-refractivity contribution in [2.75, 3.05) is 18.3 Å². The van der Waals surface area contributed by atoms with E-state index in [0.29, 0.717) is 0 Å². The Morgan fingerprint density at radius 1 is 1.14 bits per heavy atom. The van der Waals surface area contributed by atoms with Crippen molar-refractivity contribution in [1.82, 2.24) is 15.0 Å². The van der Waals surface area contributed by atoms with Crippen molar-refractivity contribution in [2.24, 2.45) is 0 Å². The van der Waals surface area contributed by atoms with Crippen molar-refractivity contribution in [3.8, 4) is 0 Å². The van der Waals surface area contributed by atoms with Gasteiger partial charge < -0.3 is 0 Å². The number of hydrogen-bond donors (Lipinski definition) is 1. The molecule has 0 spiro atoms. The molecule has 0 amide bonds. The lowest BCUT2D eigenvalue weighted by molar-refractivity contribution is 0.569. The summed E-state index contributed by atoms with van der Waals surface area (Å²) in [5, 5.41) is 8.86. The zero-order chi connectivity index (χ0) is 10.4. The van der Waals surface area contributed by atoms with E-state index in [1.165, 1.54) is 0 Å². The van der Waals surface area contributed by atoms with Crippen molar-refractivity contribution in [2.45, 2.75) is 18.1 Å². The molecule has 1 heterocycles. The van der Waals surface area contributed by atoms with Crippen LogP contribution in [0.2, 0.25) is 0 Å². The highest BCUT2D eigenvalue weighted by molar-refractivity contribution is 7.98. The number of nitrogens with zero attached hydrogens (tertiary/aromatic N) is 3. The molecule has 0 aromatic carbocycles. The van der Waals surface area contributed by atoms with Crippen LogP contribution in [0.15, 0.2) is 0 Å². The van der Waals surface area contributed by atoms with Crippen molar-refractivity contribution >= 4 is 36.2 Å². The molecule has 6 heteroatoms. The van der Waals surface area contributed by atoms with E-state index >= 15 is 0 Å². The molecule has 0 saturated carbocycles. The first-order valence-corrected chi connectivity index (χ1v) is 7.75. The van der Waals surface area contributed by atoms with Gasteiger partial charge in [0.1, 0.15) is 0 Å². The summed E-state index contributed by atoms with van der Waals surface area (Å²) in [6.07, 6.45) is 4.17. The maximum Gasteiger partial charge on any atom is 0.0966 e. The summed E-state index contributed by atoms with van der Waals surface area (Å²) in [6.45, 7) is 0.791. The lowest BCUT2D eigenvalue weighted by Gasteiger charge is -1.94. The Hall–Kier alpha value is 0.190. The number of hydrogen-bond acceptors (Lipinski definition) is 5. The lowest BCUT2D eigenvalue weighted by Crippen LogP contribution is -2.03. The van der Waals surface area contributed by atoms with Crippen molar-refractivity contribution in [1.29, 1.82) is 0 Å². The Balaban J connectivity index is 2.76. The van der Waals surface area contributed by atoms with Crippen LogP contribution in [0, 0.1) is 0 Å². The smallest absolute Gasteiger partial charge is 0.0966 e. The summed E-state index contributed by atoms with van der Waals surface area (Å²) in [6, 6.07) is 0. The minimum atomic E-state index is 0.784. The molecule has 0 N–H and O–H groups in total.